The number of ether oxygens (including phenoxy) is 2. The predicted molar refractivity (Wildman–Crippen MR) is 70.4 cm³/mol. The smallest absolute Gasteiger partial charge is 0.328 e. The Morgan fingerprint density at radius 1 is 1.53 bits per heavy atom. The first-order valence-electron chi connectivity index (χ1n) is 5.45. The molecular formula is C13H12ClNO4. The van der Waals surface area contributed by atoms with Crippen molar-refractivity contribution in [1.82, 2.24) is 0 Å². The molecular weight excluding hydrogens is 270 g/mol. The third kappa shape index (κ3) is 4.53. The normalized spacial score (nSPS) is 10.2. The van der Waals surface area contributed by atoms with Gasteiger partial charge in [0.15, 0.2) is 18.1 Å². The van der Waals surface area contributed by atoms with Crippen LogP contribution in [0.15, 0.2) is 18.2 Å². The second kappa shape index (κ2) is 7.29. The number of halogens is 1. The van der Waals surface area contributed by atoms with Crippen LogP contribution in [0.5, 0.6) is 11.5 Å². The lowest BCUT2D eigenvalue weighted by molar-refractivity contribution is -0.131. The summed E-state index contributed by atoms with van der Waals surface area (Å²) in [5, 5.41) is 17.3. The maximum absolute atomic E-state index is 10.5. The van der Waals surface area contributed by atoms with Crippen molar-refractivity contribution in [1.29, 1.82) is 5.26 Å². The van der Waals surface area contributed by atoms with Gasteiger partial charge in [0.1, 0.15) is 6.07 Å². The van der Waals surface area contributed by atoms with Crippen molar-refractivity contribution < 1.29 is 19.4 Å². The maximum atomic E-state index is 10.5. The predicted octanol–water partition coefficient (Wildman–Crippen LogP) is 2.74. The van der Waals surface area contributed by atoms with Crippen molar-refractivity contribution in [3.05, 3.63) is 28.8 Å². The molecule has 1 rings (SSSR count). The molecule has 19 heavy (non-hydrogen) atoms. The van der Waals surface area contributed by atoms with Gasteiger partial charge in [-0.05, 0) is 30.7 Å². The Bertz CT molecular complexity index is 534. The van der Waals surface area contributed by atoms with Crippen molar-refractivity contribution in [3.63, 3.8) is 0 Å². The molecule has 6 heteroatoms. The quantitative estimate of drug-likeness (QED) is 0.811. The highest BCUT2D eigenvalue weighted by molar-refractivity contribution is 6.32. The van der Waals surface area contributed by atoms with Gasteiger partial charge in [-0.3, -0.25) is 0 Å². The van der Waals surface area contributed by atoms with Crippen molar-refractivity contribution in [2.24, 2.45) is 0 Å². The van der Waals surface area contributed by atoms with E-state index in [-0.39, 0.29) is 17.4 Å². The molecule has 0 fully saturated rings. The number of benzene rings is 1. The third-order valence-corrected chi connectivity index (χ3v) is 2.31. The highest BCUT2D eigenvalue weighted by Gasteiger charge is 2.11. The third-order valence-electron chi connectivity index (χ3n) is 2.03. The van der Waals surface area contributed by atoms with Crippen LogP contribution in [0.2, 0.25) is 5.02 Å². The van der Waals surface area contributed by atoms with Crippen molar-refractivity contribution in [2.75, 3.05) is 13.2 Å². The molecule has 5 nitrogen and oxygen atoms in total. The summed E-state index contributed by atoms with van der Waals surface area (Å²) in [5.41, 5.74) is 0.570. The van der Waals surface area contributed by atoms with E-state index in [9.17, 15) is 4.79 Å². The number of carboxylic acids is 1. The summed E-state index contributed by atoms with van der Waals surface area (Å²) >= 11 is 6.03. The number of rotatable bonds is 6. The van der Waals surface area contributed by atoms with E-state index < -0.39 is 5.97 Å². The topological polar surface area (TPSA) is 79.6 Å². The van der Waals surface area contributed by atoms with Crippen LogP contribution in [0, 0.1) is 11.3 Å². The van der Waals surface area contributed by atoms with E-state index in [0.29, 0.717) is 17.9 Å². The molecule has 0 aliphatic rings. The fourth-order valence-electron chi connectivity index (χ4n) is 1.36. The van der Waals surface area contributed by atoms with Gasteiger partial charge in [0.2, 0.25) is 0 Å². The molecule has 1 aromatic rings. The Labute approximate surface area is 115 Å². The number of nitriles is 1. The van der Waals surface area contributed by atoms with Crippen molar-refractivity contribution in [3.8, 4) is 17.6 Å². The number of hydrogen-bond acceptors (Lipinski definition) is 4. The first-order valence-corrected chi connectivity index (χ1v) is 5.83. The summed E-state index contributed by atoms with van der Waals surface area (Å²) in [7, 11) is 0. The molecule has 0 bridgehead atoms. The molecule has 0 aliphatic heterocycles. The summed E-state index contributed by atoms with van der Waals surface area (Å²) in [6.07, 6.45) is 2.39. The van der Waals surface area contributed by atoms with Gasteiger partial charge in [0, 0.05) is 6.08 Å². The number of carboxylic acid groups (broad SMARTS) is 1. The lowest BCUT2D eigenvalue weighted by Crippen LogP contribution is -2.00. The second-order valence-corrected chi connectivity index (χ2v) is 3.79. The Kier molecular flexibility index (Phi) is 5.71. The molecule has 0 aliphatic carbocycles. The van der Waals surface area contributed by atoms with Crippen LogP contribution in [0.25, 0.3) is 6.08 Å². The lowest BCUT2D eigenvalue weighted by Gasteiger charge is -2.12. The van der Waals surface area contributed by atoms with Gasteiger partial charge >= 0.3 is 5.97 Å². The highest BCUT2D eigenvalue weighted by atomic mass is 35.5. The fourth-order valence-corrected chi connectivity index (χ4v) is 1.63. The molecule has 0 aromatic heterocycles. The van der Waals surface area contributed by atoms with Gasteiger partial charge in [0.25, 0.3) is 0 Å². The minimum absolute atomic E-state index is 0.149. The van der Waals surface area contributed by atoms with E-state index >= 15 is 0 Å². The van der Waals surface area contributed by atoms with Crippen LogP contribution in [0.1, 0.15) is 12.5 Å². The molecule has 0 spiro atoms. The number of carbonyl (C=O) groups is 1. The van der Waals surface area contributed by atoms with Crippen LogP contribution in [0.4, 0.5) is 0 Å². The summed E-state index contributed by atoms with van der Waals surface area (Å²) in [4.78, 5) is 10.5. The van der Waals surface area contributed by atoms with E-state index in [4.69, 9.17) is 31.4 Å². The van der Waals surface area contributed by atoms with Crippen molar-refractivity contribution >= 4 is 23.6 Å². The monoisotopic (exact) mass is 281 g/mol. The molecule has 0 saturated carbocycles. The van der Waals surface area contributed by atoms with Crippen LogP contribution < -0.4 is 9.47 Å². The number of aliphatic carboxylic acids is 1. The summed E-state index contributed by atoms with van der Waals surface area (Å²) in [6.45, 7) is 2.04. The highest BCUT2D eigenvalue weighted by Crippen LogP contribution is 2.37. The zero-order valence-electron chi connectivity index (χ0n) is 10.2. The van der Waals surface area contributed by atoms with Gasteiger partial charge in [-0.2, -0.15) is 5.26 Å². The van der Waals surface area contributed by atoms with Gasteiger partial charge in [0.05, 0.1) is 11.6 Å². The SMILES string of the molecule is CCOc1cc(/C=C/C(=O)O)cc(Cl)c1OCC#N. The Morgan fingerprint density at radius 2 is 2.26 bits per heavy atom. The fraction of sp³-hybridized carbons (Fsp3) is 0.231. The minimum Gasteiger partial charge on any atom is -0.490 e. The van der Waals surface area contributed by atoms with Crippen LogP contribution in [0.3, 0.4) is 0 Å². The lowest BCUT2D eigenvalue weighted by atomic mass is 10.2. The minimum atomic E-state index is -1.06. The molecule has 0 heterocycles. The zero-order valence-corrected chi connectivity index (χ0v) is 11.0. The molecule has 0 amide bonds. The van der Waals surface area contributed by atoms with E-state index in [1.54, 1.807) is 13.0 Å². The first-order chi connectivity index (χ1) is 9.08. The largest absolute Gasteiger partial charge is 0.490 e. The second-order valence-electron chi connectivity index (χ2n) is 3.38. The number of hydrogen-bond donors (Lipinski definition) is 1. The standard InChI is InChI=1S/C13H12ClNO4/c1-2-18-11-8-9(3-4-12(16)17)7-10(14)13(11)19-6-5-15/h3-4,7-8H,2,6H2,1H3,(H,16,17)/b4-3+. The number of nitrogens with zero attached hydrogens (tertiary/aromatic N) is 1. The van der Waals surface area contributed by atoms with Gasteiger partial charge in [-0.1, -0.05) is 11.6 Å². The van der Waals surface area contributed by atoms with Crippen LogP contribution in [-0.2, 0) is 4.79 Å². The van der Waals surface area contributed by atoms with Gasteiger partial charge < -0.3 is 14.6 Å². The van der Waals surface area contributed by atoms with Crippen LogP contribution >= 0.6 is 11.6 Å². The molecule has 100 valence electrons. The Balaban J connectivity index is 3.13. The molecule has 0 atom stereocenters. The maximum Gasteiger partial charge on any atom is 0.328 e. The van der Waals surface area contributed by atoms with Gasteiger partial charge in [-0.15, -0.1) is 0 Å². The molecule has 0 radical (unpaired) electrons. The average Bonchev–Trinajstić information content (AvgIpc) is 2.36. The summed E-state index contributed by atoms with van der Waals surface area (Å²) < 4.78 is 10.6. The Morgan fingerprint density at radius 3 is 2.84 bits per heavy atom. The van der Waals surface area contributed by atoms with E-state index in [2.05, 4.69) is 0 Å². The zero-order chi connectivity index (χ0) is 14.3. The first kappa shape index (κ1) is 14.9. The molecule has 1 N–H and O–H groups in total. The summed E-state index contributed by atoms with van der Waals surface area (Å²) in [5.74, 6) is -0.410. The van der Waals surface area contributed by atoms with Gasteiger partial charge in [-0.25, -0.2) is 4.79 Å². The Hall–Kier alpha value is -2.19. The molecule has 0 unspecified atom stereocenters. The van der Waals surface area contributed by atoms with Crippen molar-refractivity contribution in [2.45, 2.75) is 6.92 Å². The summed E-state index contributed by atoms with van der Waals surface area (Å²) in [6, 6.07) is 4.98. The van der Waals surface area contributed by atoms with E-state index in [0.717, 1.165) is 6.08 Å². The van der Waals surface area contributed by atoms with E-state index in [1.807, 2.05) is 6.07 Å². The average molecular weight is 282 g/mol. The van der Waals surface area contributed by atoms with Crippen LogP contribution in [-0.4, -0.2) is 24.3 Å². The van der Waals surface area contributed by atoms with E-state index in [1.165, 1.54) is 12.1 Å². The molecule has 0 saturated heterocycles. The molecule has 1 aromatic carbocycles.